The topological polar surface area (TPSA) is 44.4 Å². The first-order valence-electron chi connectivity index (χ1n) is 8.13. The fraction of sp³-hybridized carbons (Fsp3) is 0.588. The Balaban J connectivity index is 1.64. The monoisotopic (exact) mass is 287 g/mol. The molecule has 0 radical (unpaired) electrons. The van der Waals surface area contributed by atoms with E-state index in [1.165, 1.54) is 31.5 Å². The van der Waals surface area contributed by atoms with Gasteiger partial charge in [-0.3, -0.25) is 4.79 Å². The fourth-order valence-electron chi connectivity index (χ4n) is 3.40. The van der Waals surface area contributed by atoms with Crippen molar-refractivity contribution in [1.29, 1.82) is 0 Å². The second-order valence-electron chi connectivity index (χ2n) is 6.25. The molecule has 0 spiro atoms. The van der Waals surface area contributed by atoms with E-state index in [0.717, 1.165) is 37.2 Å². The van der Waals surface area contributed by atoms with Crippen LogP contribution in [0.4, 0.5) is 5.69 Å². The largest absolute Gasteiger partial charge is 0.384 e. The summed E-state index contributed by atoms with van der Waals surface area (Å²) >= 11 is 0. The van der Waals surface area contributed by atoms with E-state index < -0.39 is 0 Å². The Morgan fingerprint density at radius 1 is 1.33 bits per heavy atom. The van der Waals surface area contributed by atoms with E-state index in [4.69, 9.17) is 0 Å². The molecule has 1 aromatic rings. The summed E-state index contributed by atoms with van der Waals surface area (Å²) in [6, 6.07) is 6.22. The van der Waals surface area contributed by atoms with E-state index >= 15 is 0 Å². The number of likely N-dealkylation sites (tertiary alicyclic amines) is 1. The van der Waals surface area contributed by atoms with Gasteiger partial charge in [0, 0.05) is 19.1 Å². The summed E-state index contributed by atoms with van der Waals surface area (Å²) < 4.78 is 0. The highest BCUT2D eigenvalue weighted by atomic mass is 16.1. The third-order valence-corrected chi connectivity index (χ3v) is 4.43. The van der Waals surface area contributed by atoms with Crippen molar-refractivity contribution in [3.05, 3.63) is 29.3 Å². The highest BCUT2D eigenvalue weighted by molar-refractivity contribution is 6.00. The third kappa shape index (κ3) is 3.38. The van der Waals surface area contributed by atoms with E-state index in [1.54, 1.807) is 0 Å². The molecule has 21 heavy (non-hydrogen) atoms. The summed E-state index contributed by atoms with van der Waals surface area (Å²) in [6.45, 7) is 6.35. The second kappa shape index (κ2) is 6.48. The van der Waals surface area contributed by atoms with E-state index in [-0.39, 0.29) is 11.9 Å². The number of carbonyl (C=O) groups excluding carboxylic acids is 1. The highest BCUT2D eigenvalue weighted by Crippen LogP contribution is 2.26. The van der Waals surface area contributed by atoms with Crippen molar-refractivity contribution in [3.63, 3.8) is 0 Å². The molecule has 2 heterocycles. The first kappa shape index (κ1) is 14.4. The number of anilines is 1. The first-order valence-corrected chi connectivity index (χ1v) is 8.13. The molecule has 2 N–H and O–H groups in total. The number of nitrogens with one attached hydrogen (secondary N) is 2. The van der Waals surface area contributed by atoms with Crippen molar-refractivity contribution in [3.8, 4) is 0 Å². The fourth-order valence-corrected chi connectivity index (χ4v) is 3.40. The summed E-state index contributed by atoms with van der Waals surface area (Å²) in [7, 11) is 0. The number of carbonyl (C=O) groups is 1. The molecule has 1 atom stereocenters. The number of rotatable bonds is 4. The number of benzene rings is 1. The van der Waals surface area contributed by atoms with Crippen molar-refractivity contribution < 1.29 is 4.79 Å². The van der Waals surface area contributed by atoms with Gasteiger partial charge >= 0.3 is 0 Å². The molecule has 4 nitrogen and oxygen atoms in total. The molecule has 114 valence electrons. The van der Waals surface area contributed by atoms with Crippen molar-refractivity contribution >= 4 is 11.6 Å². The van der Waals surface area contributed by atoms with Crippen LogP contribution in [-0.4, -0.2) is 43.0 Å². The molecule has 0 aromatic heterocycles. The van der Waals surface area contributed by atoms with Gasteiger partial charge in [0.25, 0.3) is 5.91 Å². The van der Waals surface area contributed by atoms with Gasteiger partial charge in [-0.1, -0.05) is 12.1 Å². The van der Waals surface area contributed by atoms with Crippen LogP contribution in [0.2, 0.25) is 0 Å². The van der Waals surface area contributed by atoms with Gasteiger partial charge in [0.1, 0.15) is 0 Å². The number of aryl methyl sites for hydroxylation is 1. The molecule has 4 heteroatoms. The van der Waals surface area contributed by atoms with Gasteiger partial charge in [-0.15, -0.1) is 0 Å². The zero-order valence-corrected chi connectivity index (χ0v) is 12.8. The number of hydrogen-bond acceptors (Lipinski definition) is 3. The lowest BCUT2D eigenvalue weighted by molar-refractivity contribution is 0.0932. The van der Waals surface area contributed by atoms with Crippen LogP contribution in [0.3, 0.4) is 0 Å². The Hall–Kier alpha value is -1.55. The molecule has 1 unspecified atom stereocenters. The van der Waals surface area contributed by atoms with Crippen molar-refractivity contribution in [2.24, 2.45) is 0 Å². The van der Waals surface area contributed by atoms with Crippen LogP contribution in [0.15, 0.2) is 18.2 Å². The molecule has 1 aromatic carbocycles. The lowest BCUT2D eigenvalue weighted by atomic mass is 9.99. The molecule has 0 saturated carbocycles. The van der Waals surface area contributed by atoms with Crippen molar-refractivity contribution in [1.82, 2.24) is 10.2 Å². The number of amides is 1. The molecule has 1 fully saturated rings. The van der Waals surface area contributed by atoms with Gasteiger partial charge in [-0.05, 0) is 57.3 Å². The smallest absolute Gasteiger partial charge is 0.253 e. The van der Waals surface area contributed by atoms with Crippen LogP contribution < -0.4 is 10.6 Å². The number of fused-ring (bicyclic) bond motifs is 1. The highest BCUT2D eigenvalue weighted by Gasteiger charge is 2.20. The third-order valence-electron chi connectivity index (χ3n) is 4.43. The predicted molar refractivity (Wildman–Crippen MR) is 85.9 cm³/mol. The average Bonchev–Trinajstić information content (AvgIpc) is 2.99. The van der Waals surface area contributed by atoms with Crippen LogP contribution in [0.5, 0.6) is 0 Å². The van der Waals surface area contributed by atoms with Crippen molar-refractivity contribution in [2.75, 3.05) is 31.5 Å². The number of nitrogens with zero attached hydrogens (tertiary/aromatic N) is 1. The molecular weight excluding hydrogens is 262 g/mol. The molecular formula is C17H25N3O. The normalized spacial score (nSPS) is 19.7. The Morgan fingerprint density at radius 2 is 2.14 bits per heavy atom. The van der Waals surface area contributed by atoms with Gasteiger partial charge in [0.2, 0.25) is 0 Å². The quantitative estimate of drug-likeness (QED) is 0.893. The SMILES string of the molecule is CC(CN1CCCC1)NC(=O)c1cccc2c1NCCC2. The zero-order valence-electron chi connectivity index (χ0n) is 12.8. The maximum absolute atomic E-state index is 12.5. The second-order valence-corrected chi connectivity index (χ2v) is 6.25. The maximum atomic E-state index is 12.5. The molecule has 2 aliphatic heterocycles. The summed E-state index contributed by atoms with van der Waals surface area (Å²) in [5.41, 5.74) is 3.09. The minimum absolute atomic E-state index is 0.0490. The Morgan fingerprint density at radius 3 is 2.95 bits per heavy atom. The van der Waals surface area contributed by atoms with Crippen molar-refractivity contribution in [2.45, 2.75) is 38.6 Å². The summed E-state index contributed by atoms with van der Waals surface area (Å²) in [6.07, 6.45) is 4.78. The number of para-hydroxylation sites is 1. The molecule has 2 aliphatic rings. The predicted octanol–water partition coefficient (Wildman–Crippen LogP) is 2.26. The zero-order chi connectivity index (χ0) is 14.7. The van der Waals surface area contributed by atoms with Gasteiger partial charge < -0.3 is 15.5 Å². The maximum Gasteiger partial charge on any atom is 0.253 e. The van der Waals surface area contributed by atoms with Gasteiger partial charge in [0.05, 0.1) is 11.3 Å². The lowest BCUT2D eigenvalue weighted by Crippen LogP contribution is -2.41. The van der Waals surface area contributed by atoms with E-state index in [9.17, 15) is 4.79 Å². The summed E-state index contributed by atoms with van der Waals surface area (Å²) in [5, 5.41) is 6.54. The van der Waals surface area contributed by atoms with Crippen LogP contribution in [0.1, 0.15) is 42.1 Å². The van der Waals surface area contributed by atoms with Crippen LogP contribution in [0, 0.1) is 0 Å². The molecule has 3 rings (SSSR count). The van der Waals surface area contributed by atoms with E-state index in [1.807, 2.05) is 12.1 Å². The summed E-state index contributed by atoms with van der Waals surface area (Å²) in [4.78, 5) is 15.0. The minimum atomic E-state index is 0.0490. The van der Waals surface area contributed by atoms with E-state index in [0.29, 0.717) is 0 Å². The van der Waals surface area contributed by atoms with Gasteiger partial charge in [0.15, 0.2) is 0 Å². The minimum Gasteiger partial charge on any atom is -0.384 e. The van der Waals surface area contributed by atoms with Gasteiger partial charge in [-0.25, -0.2) is 0 Å². The molecule has 1 saturated heterocycles. The van der Waals surface area contributed by atoms with Crippen LogP contribution in [0.25, 0.3) is 0 Å². The van der Waals surface area contributed by atoms with Crippen LogP contribution >= 0.6 is 0 Å². The van der Waals surface area contributed by atoms with E-state index in [2.05, 4.69) is 28.5 Å². The first-order chi connectivity index (χ1) is 10.2. The lowest BCUT2D eigenvalue weighted by Gasteiger charge is -2.24. The van der Waals surface area contributed by atoms with Crippen LogP contribution in [-0.2, 0) is 6.42 Å². The molecule has 0 bridgehead atoms. The average molecular weight is 287 g/mol. The number of hydrogen-bond donors (Lipinski definition) is 2. The summed E-state index contributed by atoms with van der Waals surface area (Å²) in [5.74, 6) is 0.0490. The molecule has 0 aliphatic carbocycles. The van der Waals surface area contributed by atoms with Gasteiger partial charge in [-0.2, -0.15) is 0 Å². The Kier molecular flexibility index (Phi) is 4.44. The standard InChI is InChI=1S/C17H25N3O/c1-13(12-20-10-2-3-11-20)19-17(21)15-8-4-6-14-7-5-9-18-16(14)15/h4,6,8,13,18H,2-3,5,7,9-12H2,1H3,(H,19,21). The Labute approximate surface area is 126 Å². The Bertz CT molecular complexity index is 509. The molecule has 1 amide bonds.